The number of rotatable bonds is 3. The maximum atomic E-state index is 12.3. The number of fused-ring (bicyclic) bond motifs is 1. The third kappa shape index (κ3) is 3.99. The first-order chi connectivity index (χ1) is 11.6. The number of carboxylic acids is 1. The van der Waals surface area contributed by atoms with Crippen molar-refractivity contribution in [1.29, 1.82) is 0 Å². The summed E-state index contributed by atoms with van der Waals surface area (Å²) in [5.74, 6) is -0.160. The first kappa shape index (κ1) is 16.6. The van der Waals surface area contributed by atoms with E-state index in [0.29, 0.717) is 19.4 Å². The van der Waals surface area contributed by atoms with Gasteiger partial charge in [0.25, 0.3) is 0 Å². The fourth-order valence-electron chi connectivity index (χ4n) is 3.54. The topological polar surface area (TPSA) is 87.7 Å². The minimum atomic E-state index is -0.729. The maximum absolute atomic E-state index is 12.3. The summed E-state index contributed by atoms with van der Waals surface area (Å²) in [6.45, 7) is 0.663. The highest BCUT2D eigenvalue weighted by Gasteiger charge is 2.27. The van der Waals surface area contributed by atoms with Crippen LogP contribution in [0.2, 0.25) is 0 Å². The van der Waals surface area contributed by atoms with Crippen LogP contribution in [0.25, 0.3) is 0 Å². The quantitative estimate of drug-likeness (QED) is 0.794. The molecule has 2 amide bonds. The lowest BCUT2D eigenvalue weighted by Gasteiger charge is -2.28. The van der Waals surface area contributed by atoms with Crippen LogP contribution >= 0.6 is 0 Å². The number of hydrogen-bond donors (Lipinski definition) is 3. The van der Waals surface area contributed by atoms with Crippen LogP contribution in [-0.4, -0.2) is 29.8 Å². The molecule has 24 heavy (non-hydrogen) atoms. The van der Waals surface area contributed by atoms with E-state index in [4.69, 9.17) is 9.84 Å². The first-order valence-corrected chi connectivity index (χ1v) is 8.65. The molecular weight excluding hydrogens is 308 g/mol. The number of aliphatic carboxylic acids is 1. The molecule has 1 fully saturated rings. The summed E-state index contributed by atoms with van der Waals surface area (Å²) in [5, 5.41) is 15.1. The van der Waals surface area contributed by atoms with Crippen LogP contribution in [0.3, 0.4) is 0 Å². The zero-order valence-corrected chi connectivity index (χ0v) is 13.7. The molecule has 1 aromatic carbocycles. The van der Waals surface area contributed by atoms with Crippen molar-refractivity contribution in [3.8, 4) is 5.75 Å². The van der Waals surface area contributed by atoms with Gasteiger partial charge in [-0.2, -0.15) is 0 Å². The SMILES string of the molecule is O=C(NC1CCC(C(=O)O)CC1)NC1CCCOc2ccccc21. The van der Waals surface area contributed by atoms with Crippen molar-refractivity contribution in [3.63, 3.8) is 0 Å². The second-order valence-electron chi connectivity index (χ2n) is 6.59. The Morgan fingerprint density at radius 2 is 1.79 bits per heavy atom. The van der Waals surface area contributed by atoms with Gasteiger partial charge < -0.3 is 20.5 Å². The van der Waals surface area contributed by atoms with Crippen molar-refractivity contribution in [3.05, 3.63) is 29.8 Å². The zero-order chi connectivity index (χ0) is 16.9. The van der Waals surface area contributed by atoms with Crippen LogP contribution < -0.4 is 15.4 Å². The lowest BCUT2D eigenvalue weighted by Crippen LogP contribution is -2.45. The number of carbonyl (C=O) groups is 2. The molecule has 6 heteroatoms. The molecule has 3 rings (SSSR count). The molecule has 1 aliphatic carbocycles. The van der Waals surface area contributed by atoms with Gasteiger partial charge in [-0.15, -0.1) is 0 Å². The summed E-state index contributed by atoms with van der Waals surface area (Å²) in [6, 6.07) is 7.62. The zero-order valence-electron chi connectivity index (χ0n) is 13.7. The summed E-state index contributed by atoms with van der Waals surface area (Å²) in [6.07, 6.45) is 4.42. The highest BCUT2D eigenvalue weighted by Crippen LogP contribution is 2.31. The molecule has 1 aromatic rings. The minimum absolute atomic E-state index is 0.0536. The number of carboxylic acid groups (broad SMARTS) is 1. The Morgan fingerprint density at radius 3 is 2.54 bits per heavy atom. The van der Waals surface area contributed by atoms with Crippen molar-refractivity contribution < 1.29 is 19.4 Å². The predicted molar refractivity (Wildman–Crippen MR) is 89.0 cm³/mol. The molecule has 1 saturated carbocycles. The fourth-order valence-corrected chi connectivity index (χ4v) is 3.54. The first-order valence-electron chi connectivity index (χ1n) is 8.65. The van der Waals surface area contributed by atoms with Crippen molar-refractivity contribution >= 4 is 12.0 Å². The molecule has 0 spiro atoms. The van der Waals surface area contributed by atoms with Gasteiger partial charge in [-0.3, -0.25) is 4.79 Å². The highest BCUT2D eigenvalue weighted by atomic mass is 16.5. The fraction of sp³-hybridized carbons (Fsp3) is 0.556. The van der Waals surface area contributed by atoms with Crippen LogP contribution in [-0.2, 0) is 4.79 Å². The maximum Gasteiger partial charge on any atom is 0.315 e. The Labute approximate surface area is 141 Å². The average Bonchev–Trinajstić information content (AvgIpc) is 2.78. The van der Waals surface area contributed by atoms with E-state index in [0.717, 1.165) is 37.0 Å². The van der Waals surface area contributed by atoms with Crippen LogP contribution in [0.5, 0.6) is 5.75 Å². The van der Waals surface area contributed by atoms with E-state index >= 15 is 0 Å². The van der Waals surface area contributed by atoms with Gasteiger partial charge in [0.05, 0.1) is 18.6 Å². The molecule has 0 saturated heterocycles. The number of amides is 2. The molecule has 0 bridgehead atoms. The predicted octanol–water partition coefficient (Wildman–Crippen LogP) is 2.84. The van der Waals surface area contributed by atoms with E-state index < -0.39 is 5.97 Å². The molecule has 1 atom stereocenters. The molecule has 1 aliphatic heterocycles. The standard InChI is InChI=1S/C18H24N2O4/c21-17(22)12-7-9-13(10-8-12)19-18(23)20-15-5-3-11-24-16-6-2-1-4-14(15)16/h1-2,4,6,12-13,15H,3,5,7-11H2,(H,21,22)(H2,19,20,23). The van der Waals surface area contributed by atoms with Crippen molar-refractivity contribution in [1.82, 2.24) is 10.6 Å². The van der Waals surface area contributed by atoms with E-state index in [1.807, 2.05) is 24.3 Å². The lowest BCUT2D eigenvalue weighted by atomic mass is 9.86. The Hall–Kier alpha value is -2.24. The molecule has 0 aromatic heterocycles. The smallest absolute Gasteiger partial charge is 0.315 e. The molecular formula is C18H24N2O4. The summed E-state index contributed by atoms with van der Waals surface area (Å²) in [5.41, 5.74) is 1.01. The second kappa shape index (κ2) is 7.55. The monoisotopic (exact) mass is 332 g/mol. The van der Waals surface area contributed by atoms with Crippen molar-refractivity contribution in [2.45, 2.75) is 50.6 Å². The second-order valence-corrected chi connectivity index (χ2v) is 6.59. The van der Waals surface area contributed by atoms with Gasteiger partial charge in [-0.25, -0.2) is 4.79 Å². The Kier molecular flexibility index (Phi) is 5.23. The van der Waals surface area contributed by atoms with Crippen LogP contribution in [0, 0.1) is 5.92 Å². The molecule has 0 radical (unpaired) electrons. The van der Waals surface area contributed by atoms with E-state index in [9.17, 15) is 9.59 Å². The van der Waals surface area contributed by atoms with Crippen LogP contribution in [0.1, 0.15) is 50.1 Å². The van der Waals surface area contributed by atoms with Gasteiger partial charge in [0, 0.05) is 11.6 Å². The lowest BCUT2D eigenvalue weighted by molar-refractivity contribution is -0.142. The Balaban J connectivity index is 1.55. The minimum Gasteiger partial charge on any atom is -0.493 e. The van der Waals surface area contributed by atoms with Crippen LogP contribution in [0.4, 0.5) is 4.79 Å². The average molecular weight is 332 g/mol. The summed E-state index contributed by atoms with van der Waals surface area (Å²) in [4.78, 5) is 23.3. The van der Waals surface area contributed by atoms with E-state index in [1.54, 1.807) is 0 Å². The highest BCUT2D eigenvalue weighted by molar-refractivity contribution is 5.75. The number of urea groups is 1. The van der Waals surface area contributed by atoms with Crippen molar-refractivity contribution in [2.75, 3.05) is 6.61 Å². The number of benzene rings is 1. The van der Waals surface area contributed by atoms with Gasteiger partial charge in [0.15, 0.2) is 0 Å². The Morgan fingerprint density at radius 1 is 1.04 bits per heavy atom. The van der Waals surface area contributed by atoms with Gasteiger partial charge in [-0.1, -0.05) is 18.2 Å². The van der Waals surface area contributed by atoms with Crippen LogP contribution in [0.15, 0.2) is 24.3 Å². The van der Waals surface area contributed by atoms with Gasteiger partial charge in [-0.05, 0) is 44.6 Å². The molecule has 130 valence electrons. The molecule has 1 heterocycles. The number of ether oxygens (including phenoxy) is 1. The third-order valence-corrected chi connectivity index (χ3v) is 4.91. The van der Waals surface area contributed by atoms with Gasteiger partial charge in [0.1, 0.15) is 5.75 Å². The molecule has 3 N–H and O–H groups in total. The molecule has 2 aliphatic rings. The van der Waals surface area contributed by atoms with Gasteiger partial charge >= 0.3 is 12.0 Å². The number of hydrogen-bond acceptors (Lipinski definition) is 3. The summed E-state index contributed by atoms with van der Waals surface area (Å²) in [7, 11) is 0. The third-order valence-electron chi connectivity index (χ3n) is 4.91. The summed E-state index contributed by atoms with van der Waals surface area (Å²) >= 11 is 0. The largest absolute Gasteiger partial charge is 0.493 e. The number of carbonyl (C=O) groups excluding carboxylic acids is 1. The van der Waals surface area contributed by atoms with E-state index in [2.05, 4.69) is 10.6 Å². The Bertz CT molecular complexity index is 596. The number of para-hydroxylation sites is 1. The van der Waals surface area contributed by atoms with Crippen molar-refractivity contribution in [2.24, 2.45) is 5.92 Å². The van der Waals surface area contributed by atoms with Gasteiger partial charge in [0.2, 0.25) is 0 Å². The van der Waals surface area contributed by atoms with E-state index in [1.165, 1.54) is 0 Å². The molecule has 6 nitrogen and oxygen atoms in total. The van der Waals surface area contributed by atoms with E-state index in [-0.39, 0.29) is 24.0 Å². The number of nitrogens with one attached hydrogen (secondary N) is 2. The molecule has 1 unspecified atom stereocenters. The normalized spacial score (nSPS) is 26.4. The summed E-state index contributed by atoms with van der Waals surface area (Å²) < 4.78 is 5.72.